The van der Waals surface area contributed by atoms with E-state index in [4.69, 9.17) is 0 Å². The summed E-state index contributed by atoms with van der Waals surface area (Å²) in [5.41, 5.74) is 2.40. The highest BCUT2D eigenvalue weighted by Crippen LogP contribution is 2.29. The van der Waals surface area contributed by atoms with E-state index < -0.39 is 10.0 Å². The Bertz CT molecular complexity index is 1340. The zero-order valence-electron chi connectivity index (χ0n) is 18.8. The summed E-state index contributed by atoms with van der Waals surface area (Å²) in [7, 11) is -3.94. The van der Waals surface area contributed by atoms with Crippen molar-refractivity contribution in [1.29, 1.82) is 0 Å². The highest BCUT2D eigenvalue weighted by molar-refractivity contribution is 7.92. The Morgan fingerprint density at radius 3 is 1.94 bits per heavy atom. The molecule has 1 amide bonds. The van der Waals surface area contributed by atoms with E-state index in [2.05, 4.69) is 5.32 Å². The van der Waals surface area contributed by atoms with Gasteiger partial charge in [-0.1, -0.05) is 91.0 Å². The quantitative estimate of drug-likeness (QED) is 0.366. The topological polar surface area (TPSA) is 66.5 Å². The largest absolute Gasteiger partial charge is 0.345 e. The van der Waals surface area contributed by atoms with Crippen LogP contribution in [-0.4, -0.2) is 14.3 Å². The minimum Gasteiger partial charge on any atom is -0.345 e. The van der Waals surface area contributed by atoms with Crippen molar-refractivity contribution in [2.75, 3.05) is 4.31 Å². The van der Waals surface area contributed by atoms with Gasteiger partial charge in [-0.25, -0.2) is 8.42 Å². The molecule has 6 heteroatoms. The molecule has 4 aromatic carbocycles. The molecule has 1 N–H and O–H groups in total. The van der Waals surface area contributed by atoms with Crippen LogP contribution in [0.4, 0.5) is 5.69 Å². The number of nitrogens with one attached hydrogen (secondary N) is 1. The van der Waals surface area contributed by atoms with E-state index in [0.717, 1.165) is 11.1 Å². The average Bonchev–Trinajstić information content (AvgIpc) is 2.89. The van der Waals surface area contributed by atoms with E-state index in [-0.39, 0.29) is 23.4 Å². The van der Waals surface area contributed by atoms with E-state index in [9.17, 15) is 13.2 Å². The van der Waals surface area contributed by atoms with Crippen LogP contribution >= 0.6 is 0 Å². The number of rotatable bonds is 8. The van der Waals surface area contributed by atoms with Crippen LogP contribution in [0, 0.1) is 0 Å². The molecule has 0 bridgehead atoms. The summed E-state index contributed by atoms with van der Waals surface area (Å²) in [4.78, 5) is 13.5. The molecule has 0 saturated carbocycles. The third-order valence-corrected chi connectivity index (χ3v) is 7.34. The first kappa shape index (κ1) is 23.3. The zero-order valence-corrected chi connectivity index (χ0v) is 19.7. The average molecular weight is 471 g/mol. The number of hydrogen-bond acceptors (Lipinski definition) is 3. The van der Waals surface area contributed by atoms with Crippen LogP contribution in [0.1, 0.15) is 34.5 Å². The molecule has 0 radical (unpaired) electrons. The molecular weight excluding hydrogens is 444 g/mol. The molecular formula is C28H26N2O3S. The molecule has 1 atom stereocenters. The fourth-order valence-electron chi connectivity index (χ4n) is 3.75. The van der Waals surface area contributed by atoms with Gasteiger partial charge in [0.05, 0.1) is 28.7 Å². The fourth-order valence-corrected chi connectivity index (χ4v) is 5.24. The first-order chi connectivity index (χ1) is 16.5. The van der Waals surface area contributed by atoms with Gasteiger partial charge < -0.3 is 5.32 Å². The van der Waals surface area contributed by atoms with Gasteiger partial charge in [0.15, 0.2) is 0 Å². The molecule has 0 aliphatic carbocycles. The number of nitrogens with zero attached hydrogens (tertiary/aromatic N) is 1. The lowest BCUT2D eigenvalue weighted by Crippen LogP contribution is -2.34. The second-order valence-electron chi connectivity index (χ2n) is 7.93. The first-order valence-electron chi connectivity index (χ1n) is 11.0. The van der Waals surface area contributed by atoms with Gasteiger partial charge in [0.1, 0.15) is 0 Å². The maximum absolute atomic E-state index is 13.7. The molecule has 0 heterocycles. The van der Waals surface area contributed by atoms with Crippen LogP contribution in [0.25, 0.3) is 0 Å². The second kappa shape index (κ2) is 10.4. The molecule has 0 spiro atoms. The van der Waals surface area contributed by atoms with Crippen molar-refractivity contribution in [3.8, 4) is 0 Å². The molecule has 0 aliphatic heterocycles. The van der Waals surface area contributed by atoms with Crippen LogP contribution in [0.3, 0.4) is 0 Å². The molecule has 0 fully saturated rings. The number of anilines is 1. The summed E-state index contributed by atoms with van der Waals surface area (Å²) in [6.07, 6.45) is 0. The Hall–Kier alpha value is -3.90. The number of para-hydroxylation sites is 1. The van der Waals surface area contributed by atoms with Gasteiger partial charge in [-0.15, -0.1) is 0 Å². The van der Waals surface area contributed by atoms with Crippen LogP contribution < -0.4 is 9.62 Å². The van der Waals surface area contributed by atoms with Gasteiger partial charge in [0, 0.05) is 0 Å². The highest BCUT2D eigenvalue weighted by atomic mass is 32.2. The van der Waals surface area contributed by atoms with Crippen molar-refractivity contribution in [3.63, 3.8) is 0 Å². The number of benzene rings is 4. The van der Waals surface area contributed by atoms with E-state index >= 15 is 0 Å². The lowest BCUT2D eigenvalue weighted by atomic mass is 10.1. The van der Waals surface area contributed by atoms with E-state index in [0.29, 0.717) is 11.3 Å². The predicted octanol–water partition coefficient (Wildman–Crippen LogP) is 5.57. The van der Waals surface area contributed by atoms with Gasteiger partial charge in [0.2, 0.25) is 0 Å². The molecule has 172 valence electrons. The fraction of sp³-hybridized carbons (Fsp3) is 0.107. The van der Waals surface area contributed by atoms with Gasteiger partial charge in [-0.2, -0.15) is 0 Å². The second-order valence-corrected chi connectivity index (χ2v) is 9.80. The van der Waals surface area contributed by atoms with Crippen molar-refractivity contribution in [2.45, 2.75) is 24.4 Å². The summed E-state index contributed by atoms with van der Waals surface area (Å²) in [5.74, 6) is -0.340. The lowest BCUT2D eigenvalue weighted by molar-refractivity contribution is 0.0940. The Morgan fingerprint density at radius 1 is 0.765 bits per heavy atom. The van der Waals surface area contributed by atoms with Gasteiger partial charge in [-0.3, -0.25) is 9.10 Å². The molecule has 5 nitrogen and oxygen atoms in total. The molecule has 0 unspecified atom stereocenters. The summed E-state index contributed by atoms with van der Waals surface area (Å²) < 4.78 is 28.8. The Balaban J connectivity index is 1.74. The Kier molecular flexibility index (Phi) is 7.09. The van der Waals surface area contributed by atoms with Crippen molar-refractivity contribution in [3.05, 3.63) is 132 Å². The predicted molar refractivity (Wildman–Crippen MR) is 135 cm³/mol. The number of carbonyl (C=O) groups is 1. The monoisotopic (exact) mass is 470 g/mol. The highest BCUT2D eigenvalue weighted by Gasteiger charge is 2.28. The maximum Gasteiger partial charge on any atom is 0.264 e. The normalized spacial score (nSPS) is 12.0. The van der Waals surface area contributed by atoms with Gasteiger partial charge in [0.25, 0.3) is 15.9 Å². The molecule has 0 aliphatic rings. The van der Waals surface area contributed by atoms with Crippen molar-refractivity contribution < 1.29 is 13.2 Å². The van der Waals surface area contributed by atoms with Crippen LogP contribution in [-0.2, 0) is 16.6 Å². The van der Waals surface area contributed by atoms with E-state index in [1.165, 1.54) is 4.31 Å². The van der Waals surface area contributed by atoms with Gasteiger partial charge >= 0.3 is 0 Å². The smallest absolute Gasteiger partial charge is 0.264 e. The number of hydrogen-bond donors (Lipinski definition) is 1. The summed E-state index contributed by atoms with van der Waals surface area (Å²) >= 11 is 0. The third kappa shape index (κ3) is 5.18. The standard InChI is InChI=1S/C28H26N2O3S/c1-22(24-15-7-3-8-16-24)29-28(31)26-19-11-12-20-27(26)30(21-23-13-5-2-6-14-23)34(32,33)25-17-9-4-10-18-25/h2-20,22H,21H2,1H3,(H,29,31)/t22-/m1/s1. The van der Waals surface area contributed by atoms with Crippen molar-refractivity contribution >= 4 is 21.6 Å². The molecule has 0 saturated heterocycles. The van der Waals surface area contributed by atoms with Crippen molar-refractivity contribution in [2.24, 2.45) is 0 Å². The van der Waals surface area contributed by atoms with E-state index in [1.54, 1.807) is 54.6 Å². The summed E-state index contributed by atoms with van der Waals surface area (Å²) in [6, 6.07) is 33.8. The molecule has 0 aromatic heterocycles. The third-order valence-electron chi connectivity index (χ3n) is 5.56. The Labute approximate surface area is 200 Å². The SMILES string of the molecule is C[C@@H](NC(=O)c1ccccc1N(Cc1ccccc1)S(=O)(=O)c1ccccc1)c1ccccc1. The molecule has 4 rings (SSSR count). The number of carbonyl (C=O) groups excluding carboxylic acids is 1. The van der Waals surface area contributed by atoms with Crippen LogP contribution in [0.5, 0.6) is 0 Å². The van der Waals surface area contributed by atoms with Crippen LogP contribution in [0.15, 0.2) is 120 Å². The van der Waals surface area contributed by atoms with Crippen molar-refractivity contribution in [1.82, 2.24) is 5.32 Å². The molecule has 4 aromatic rings. The van der Waals surface area contributed by atoms with Crippen LogP contribution in [0.2, 0.25) is 0 Å². The van der Waals surface area contributed by atoms with Gasteiger partial charge in [-0.05, 0) is 42.3 Å². The van der Waals surface area contributed by atoms with E-state index in [1.807, 2.05) is 67.6 Å². The minimum atomic E-state index is -3.94. The Morgan fingerprint density at radius 2 is 1.29 bits per heavy atom. The minimum absolute atomic E-state index is 0.0938. The number of sulfonamides is 1. The first-order valence-corrected chi connectivity index (χ1v) is 12.5. The summed E-state index contributed by atoms with van der Waals surface area (Å²) in [5, 5.41) is 3.00. The molecule has 34 heavy (non-hydrogen) atoms. The maximum atomic E-state index is 13.7. The summed E-state index contributed by atoms with van der Waals surface area (Å²) in [6.45, 7) is 1.99. The zero-order chi connectivity index (χ0) is 24.0. The lowest BCUT2D eigenvalue weighted by Gasteiger charge is -2.27. The number of amides is 1.